The highest BCUT2D eigenvalue weighted by atomic mass is 16.3. The average Bonchev–Trinajstić information content (AvgIpc) is 2.96. The third kappa shape index (κ3) is 3.01. The minimum absolute atomic E-state index is 0.0136. The Morgan fingerprint density at radius 2 is 2.09 bits per heavy atom. The lowest BCUT2D eigenvalue weighted by Crippen LogP contribution is -2.54. The van der Waals surface area contributed by atoms with Crippen LogP contribution in [0, 0.1) is 13.8 Å². The number of amides is 1. The molecule has 5 heteroatoms. The van der Waals surface area contributed by atoms with Crippen LogP contribution in [0.15, 0.2) is 28.7 Å². The Morgan fingerprint density at radius 3 is 2.74 bits per heavy atom. The molecule has 2 aromatic rings. The zero-order valence-corrected chi connectivity index (χ0v) is 14.1. The van der Waals surface area contributed by atoms with Crippen LogP contribution in [-0.4, -0.2) is 22.5 Å². The molecule has 1 aliphatic heterocycles. The highest BCUT2D eigenvalue weighted by molar-refractivity contribution is 5.86. The van der Waals surface area contributed by atoms with E-state index in [9.17, 15) is 4.79 Å². The molecule has 1 aliphatic rings. The monoisotopic (exact) mass is 313 g/mol. The molecule has 0 saturated carbocycles. The third-order valence-corrected chi connectivity index (χ3v) is 4.54. The Hall–Kier alpha value is -2.14. The van der Waals surface area contributed by atoms with Crippen LogP contribution < -0.4 is 10.6 Å². The number of carbonyl (C=O) groups is 1. The summed E-state index contributed by atoms with van der Waals surface area (Å²) in [5, 5.41) is 6.23. The fourth-order valence-corrected chi connectivity index (χ4v) is 2.74. The van der Waals surface area contributed by atoms with Crippen molar-refractivity contribution >= 4 is 17.0 Å². The number of hydrogen-bond acceptors (Lipinski definition) is 4. The molecule has 1 amide bonds. The number of carbonyl (C=O) groups excluding carboxylic acids is 1. The van der Waals surface area contributed by atoms with Crippen LogP contribution in [0.1, 0.15) is 37.3 Å². The van der Waals surface area contributed by atoms with E-state index in [1.807, 2.05) is 45.1 Å². The minimum Gasteiger partial charge on any atom is -0.439 e. The second kappa shape index (κ2) is 5.81. The van der Waals surface area contributed by atoms with Gasteiger partial charge >= 0.3 is 0 Å². The molecule has 0 spiro atoms. The molecule has 1 aromatic carbocycles. The zero-order valence-electron chi connectivity index (χ0n) is 14.1. The van der Waals surface area contributed by atoms with Crippen molar-refractivity contribution in [2.24, 2.45) is 0 Å². The molecular weight excluding hydrogens is 290 g/mol. The lowest BCUT2D eigenvalue weighted by molar-refractivity contribution is -0.124. The number of aromatic nitrogens is 1. The van der Waals surface area contributed by atoms with Crippen LogP contribution >= 0.6 is 0 Å². The number of hydrogen-bond donors (Lipinski definition) is 2. The van der Waals surface area contributed by atoms with Gasteiger partial charge in [-0.1, -0.05) is 31.2 Å². The standard InChI is InChI=1S/C18H23N3O2/c1-5-18(4)9-8-13(17(22)21-18)19-10-14-20-15-11(2)6-7-12(3)16(15)23-14/h6-9,13,19H,5,10H2,1-4H3,(H,21,22). The Bertz CT molecular complexity index is 739. The summed E-state index contributed by atoms with van der Waals surface area (Å²) >= 11 is 0. The average molecular weight is 313 g/mol. The normalized spacial score (nSPS) is 24.2. The molecule has 3 rings (SSSR count). The molecule has 2 unspecified atom stereocenters. The molecule has 0 saturated heterocycles. The number of nitrogens with one attached hydrogen (secondary N) is 2. The number of rotatable bonds is 4. The molecule has 0 fully saturated rings. The Balaban J connectivity index is 1.74. The number of aryl methyl sites for hydroxylation is 2. The first-order valence-corrected chi connectivity index (χ1v) is 8.02. The predicted octanol–water partition coefficient (Wildman–Crippen LogP) is 2.76. The van der Waals surface area contributed by atoms with Crippen molar-refractivity contribution in [3.8, 4) is 0 Å². The summed E-state index contributed by atoms with van der Waals surface area (Å²) < 4.78 is 5.84. The van der Waals surface area contributed by atoms with Crippen LogP contribution in [0.4, 0.5) is 0 Å². The maximum atomic E-state index is 12.2. The molecule has 122 valence electrons. The van der Waals surface area contributed by atoms with E-state index in [1.54, 1.807) is 0 Å². The van der Waals surface area contributed by atoms with Gasteiger partial charge in [0.2, 0.25) is 11.8 Å². The van der Waals surface area contributed by atoms with E-state index in [2.05, 4.69) is 22.5 Å². The van der Waals surface area contributed by atoms with Crippen LogP contribution in [0.3, 0.4) is 0 Å². The van der Waals surface area contributed by atoms with E-state index in [4.69, 9.17) is 4.42 Å². The van der Waals surface area contributed by atoms with Gasteiger partial charge < -0.3 is 9.73 Å². The van der Waals surface area contributed by atoms with E-state index >= 15 is 0 Å². The lowest BCUT2D eigenvalue weighted by atomic mass is 9.93. The molecule has 23 heavy (non-hydrogen) atoms. The van der Waals surface area contributed by atoms with Crippen molar-refractivity contribution in [2.75, 3.05) is 0 Å². The van der Waals surface area contributed by atoms with Gasteiger partial charge in [-0.2, -0.15) is 0 Å². The van der Waals surface area contributed by atoms with Gasteiger partial charge in [0.05, 0.1) is 12.1 Å². The van der Waals surface area contributed by atoms with E-state index < -0.39 is 0 Å². The lowest BCUT2D eigenvalue weighted by Gasteiger charge is -2.32. The number of nitrogens with zero attached hydrogens (tertiary/aromatic N) is 1. The SMILES string of the molecule is CCC1(C)C=CC(NCc2nc3c(C)ccc(C)c3o2)C(=O)N1. The maximum Gasteiger partial charge on any atom is 0.241 e. The van der Waals surface area contributed by atoms with Gasteiger partial charge in [0, 0.05) is 0 Å². The Labute approximate surface area is 136 Å². The van der Waals surface area contributed by atoms with Crippen molar-refractivity contribution < 1.29 is 9.21 Å². The topological polar surface area (TPSA) is 67.2 Å². The Morgan fingerprint density at radius 1 is 1.35 bits per heavy atom. The highest BCUT2D eigenvalue weighted by Crippen LogP contribution is 2.23. The zero-order chi connectivity index (χ0) is 16.6. The summed E-state index contributed by atoms with van der Waals surface area (Å²) in [5.74, 6) is 0.586. The molecule has 0 aliphatic carbocycles. The van der Waals surface area contributed by atoms with Crippen LogP contribution in [-0.2, 0) is 11.3 Å². The summed E-state index contributed by atoms with van der Waals surface area (Å²) in [4.78, 5) is 16.7. The van der Waals surface area contributed by atoms with Gasteiger partial charge in [0.25, 0.3) is 0 Å². The van der Waals surface area contributed by atoms with Crippen molar-refractivity contribution in [3.63, 3.8) is 0 Å². The Kier molecular flexibility index (Phi) is 3.98. The summed E-state index contributed by atoms with van der Waals surface area (Å²) in [6, 6.07) is 3.72. The third-order valence-electron chi connectivity index (χ3n) is 4.54. The smallest absolute Gasteiger partial charge is 0.241 e. The van der Waals surface area contributed by atoms with Crippen LogP contribution in [0.25, 0.3) is 11.1 Å². The molecule has 0 radical (unpaired) electrons. The van der Waals surface area contributed by atoms with Crippen molar-refractivity contribution in [3.05, 3.63) is 41.3 Å². The summed E-state index contributed by atoms with van der Waals surface area (Å²) in [6.45, 7) is 8.52. The molecular formula is C18H23N3O2. The van der Waals surface area contributed by atoms with Crippen molar-refractivity contribution in [2.45, 2.75) is 52.2 Å². The minimum atomic E-state index is -0.355. The van der Waals surface area contributed by atoms with E-state index in [0.29, 0.717) is 12.4 Å². The van der Waals surface area contributed by atoms with Crippen molar-refractivity contribution in [1.82, 2.24) is 15.6 Å². The molecule has 2 N–H and O–H groups in total. The van der Waals surface area contributed by atoms with Gasteiger partial charge in [-0.3, -0.25) is 10.1 Å². The second-order valence-corrected chi connectivity index (χ2v) is 6.46. The summed E-state index contributed by atoms with van der Waals surface area (Å²) in [7, 11) is 0. The molecule has 2 heterocycles. The van der Waals surface area contributed by atoms with E-state index in [0.717, 1.165) is 28.6 Å². The molecule has 2 atom stereocenters. The number of benzene rings is 1. The van der Waals surface area contributed by atoms with Gasteiger partial charge in [-0.05, 0) is 38.3 Å². The number of fused-ring (bicyclic) bond motifs is 1. The fourth-order valence-electron chi connectivity index (χ4n) is 2.74. The first-order valence-electron chi connectivity index (χ1n) is 8.02. The van der Waals surface area contributed by atoms with Gasteiger partial charge in [0.1, 0.15) is 11.6 Å². The van der Waals surface area contributed by atoms with E-state index in [-0.39, 0.29) is 17.5 Å². The fraction of sp³-hybridized carbons (Fsp3) is 0.444. The molecule has 5 nitrogen and oxygen atoms in total. The van der Waals surface area contributed by atoms with Crippen molar-refractivity contribution in [1.29, 1.82) is 0 Å². The first kappa shape index (κ1) is 15.7. The van der Waals surface area contributed by atoms with Gasteiger partial charge in [0.15, 0.2) is 5.58 Å². The summed E-state index contributed by atoms with van der Waals surface area (Å²) in [6.07, 6.45) is 4.83. The quantitative estimate of drug-likeness (QED) is 0.852. The maximum absolute atomic E-state index is 12.2. The first-order chi connectivity index (χ1) is 10.9. The van der Waals surface area contributed by atoms with Crippen LogP contribution in [0.5, 0.6) is 0 Å². The van der Waals surface area contributed by atoms with E-state index in [1.165, 1.54) is 0 Å². The van der Waals surface area contributed by atoms with Crippen LogP contribution in [0.2, 0.25) is 0 Å². The molecule has 1 aromatic heterocycles. The molecule has 0 bridgehead atoms. The number of oxazole rings is 1. The van der Waals surface area contributed by atoms with Gasteiger partial charge in [-0.15, -0.1) is 0 Å². The largest absolute Gasteiger partial charge is 0.439 e. The summed E-state index contributed by atoms with van der Waals surface area (Å²) in [5.41, 5.74) is 3.63. The van der Waals surface area contributed by atoms with Gasteiger partial charge in [-0.25, -0.2) is 4.98 Å². The highest BCUT2D eigenvalue weighted by Gasteiger charge is 2.29. The predicted molar refractivity (Wildman–Crippen MR) is 90.1 cm³/mol. The second-order valence-electron chi connectivity index (χ2n) is 6.46.